The van der Waals surface area contributed by atoms with Gasteiger partial charge in [0.05, 0.1) is 6.04 Å². The molecule has 0 amide bonds. The molecule has 0 aromatic heterocycles. The van der Waals surface area contributed by atoms with Crippen LogP contribution in [0.25, 0.3) is 0 Å². The molecule has 0 radical (unpaired) electrons. The molecule has 0 saturated heterocycles. The summed E-state index contributed by atoms with van der Waals surface area (Å²) in [6.07, 6.45) is 0. The maximum absolute atomic E-state index is 5.43. The molecular weight excluding hydrogens is 385 g/mol. The molecule has 1 fully saturated rings. The van der Waals surface area contributed by atoms with Gasteiger partial charge in [0.1, 0.15) is 0 Å². The predicted molar refractivity (Wildman–Crippen MR) is 91.0 cm³/mol. The second-order valence-electron chi connectivity index (χ2n) is 5.12. The number of hydrogen-bond donors (Lipinski definition) is 0. The van der Waals surface area contributed by atoms with Crippen LogP contribution in [0.5, 0.6) is 11.5 Å². The number of nitrogens with zero attached hydrogens (tertiary/aromatic N) is 1. The van der Waals surface area contributed by atoms with Crippen molar-refractivity contribution in [1.82, 2.24) is 4.31 Å². The minimum absolute atomic E-state index is 0.319. The summed E-state index contributed by atoms with van der Waals surface area (Å²) in [6, 6.07) is 6.50. The van der Waals surface area contributed by atoms with Gasteiger partial charge in [-0.15, -0.1) is 0 Å². The molecule has 1 aliphatic carbocycles. The highest BCUT2D eigenvalue weighted by Crippen LogP contribution is 2.45. The highest BCUT2D eigenvalue weighted by atomic mass is 127. The number of fused-ring (bicyclic) bond motifs is 1. The van der Waals surface area contributed by atoms with Crippen molar-refractivity contribution in [3.8, 4) is 11.5 Å². The summed E-state index contributed by atoms with van der Waals surface area (Å²) in [5, 5.41) is 0. The van der Waals surface area contributed by atoms with Gasteiger partial charge < -0.3 is 9.47 Å². The third-order valence-electron chi connectivity index (χ3n) is 3.97. The molecule has 0 unspecified atom stereocenters. The fourth-order valence-electron chi connectivity index (χ4n) is 2.69. The Morgan fingerprint density at radius 2 is 2.05 bits per heavy atom. The Balaban J connectivity index is 1.75. The van der Waals surface area contributed by atoms with E-state index in [1.165, 1.54) is 11.1 Å². The SMILES string of the molecule is C=C1C(=C)[C@@H](N(Cc2ccc3c(c2)OCO3)SI)[C@@H]1C. The topological polar surface area (TPSA) is 21.7 Å². The van der Waals surface area contributed by atoms with Crippen LogP contribution in [0.1, 0.15) is 12.5 Å². The van der Waals surface area contributed by atoms with Crippen LogP contribution in [0.15, 0.2) is 42.5 Å². The van der Waals surface area contributed by atoms with Crippen molar-refractivity contribution >= 4 is 30.3 Å². The Hall–Kier alpha value is -0.660. The molecule has 1 aromatic rings. The molecule has 1 aromatic carbocycles. The standard InChI is InChI=1S/C15H16INO2S/c1-9-10(2)15(11(9)3)17(20-16)7-12-4-5-13-14(6-12)19-8-18-13/h4-6,11,15H,1-2,7-8H2,3H3/t11-,15-/m1/s1. The lowest BCUT2D eigenvalue weighted by Crippen LogP contribution is -2.45. The van der Waals surface area contributed by atoms with Gasteiger partial charge in [-0.1, -0.05) is 26.1 Å². The van der Waals surface area contributed by atoms with E-state index in [4.69, 9.17) is 9.47 Å². The van der Waals surface area contributed by atoms with Crippen molar-refractivity contribution in [3.63, 3.8) is 0 Å². The van der Waals surface area contributed by atoms with E-state index in [1.807, 2.05) is 6.07 Å². The Morgan fingerprint density at radius 3 is 2.75 bits per heavy atom. The molecule has 0 N–H and O–H groups in total. The Labute approximate surface area is 135 Å². The summed E-state index contributed by atoms with van der Waals surface area (Å²) >= 11 is 2.33. The first-order chi connectivity index (χ1) is 9.61. The van der Waals surface area contributed by atoms with Crippen LogP contribution in [-0.4, -0.2) is 17.1 Å². The van der Waals surface area contributed by atoms with E-state index in [0.717, 1.165) is 23.6 Å². The quantitative estimate of drug-likeness (QED) is 0.553. The number of ether oxygens (including phenoxy) is 2. The first-order valence-corrected chi connectivity index (χ1v) is 9.75. The van der Waals surface area contributed by atoms with Crippen molar-refractivity contribution in [3.05, 3.63) is 48.1 Å². The molecule has 3 rings (SSSR count). The number of benzene rings is 1. The van der Waals surface area contributed by atoms with Crippen LogP contribution in [0.2, 0.25) is 0 Å². The number of halogens is 1. The molecule has 0 spiro atoms. The maximum Gasteiger partial charge on any atom is 0.231 e. The minimum Gasteiger partial charge on any atom is -0.454 e. The minimum atomic E-state index is 0.319. The van der Waals surface area contributed by atoms with E-state index in [2.05, 4.69) is 57.7 Å². The summed E-state index contributed by atoms with van der Waals surface area (Å²) < 4.78 is 13.1. The smallest absolute Gasteiger partial charge is 0.231 e. The monoisotopic (exact) mass is 401 g/mol. The van der Waals surface area contributed by atoms with Crippen LogP contribution in [0.3, 0.4) is 0 Å². The highest BCUT2D eigenvalue weighted by molar-refractivity contribution is 14.2. The molecule has 1 heterocycles. The number of rotatable bonds is 4. The first-order valence-electron chi connectivity index (χ1n) is 6.43. The zero-order valence-corrected chi connectivity index (χ0v) is 14.2. The second kappa shape index (κ2) is 5.61. The van der Waals surface area contributed by atoms with Crippen LogP contribution in [0.4, 0.5) is 0 Å². The van der Waals surface area contributed by atoms with Crippen LogP contribution in [0, 0.1) is 5.92 Å². The molecule has 0 bridgehead atoms. The molecule has 5 heteroatoms. The van der Waals surface area contributed by atoms with Crippen molar-refractivity contribution < 1.29 is 9.47 Å². The lowest BCUT2D eigenvalue weighted by atomic mass is 9.72. The third-order valence-corrected chi connectivity index (χ3v) is 6.02. The average molecular weight is 401 g/mol. The Morgan fingerprint density at radius 1 is 1.30 bits per heavy atom. The fourth-order valence-corrected chi connectivity index (χ4v) is 4.43. The zero-order valence-electron chi connectivity index (χ0n) is 11.3. The fraction of sp³-hybridized carbons (Fsp3) is 0.333. The number of hydrogen-bond acceptors (Lipinski definition) is 4. The van der Waals surface area contributed by atoms with E-state index in [1.54, 1.807) is 9.12 Å². The van der Waals surface area contributed by atoms with Crippen LogP contribution < -0.4 is 9.47 Å². The van der Waals surface area contributed by atoms with E-state index in [-0.39, 0.29) is 0 Å². The van der Waals surface area contributed by atoms with E-state index < -0.39 is 0 Å². The molecule has 2 atom stereocenters. The van der Waals surface area contributed by atoms with Crippen LogP contribution in [-0.2, 0) is 6.54 Å². The van der Waals surface area contributed by atoms with Gasteiger partial charge in [0, 0.05) is 33.7 Å². The molecule has 1 aliphatic heterocycles. The summed E-state index contributed by atoms with van der Waals surface area (Å²) in [6.45, 7) is 11.6. The average Bonchev–Trinajstić information content (AvgIpc) is 2.93. The largest absolute Gasteiger partial charge is 0.454 e. The molecule has 20 heavy (non-hydrogen) atoms. The van der Waals surface area contributed by atoms with Gasteiger partial charge in [0.2, 0.25) is 6.79 Å². The van der Waals surface area contributed by atoms with Crippen molar-refractivity contribution in [2.45, 2.75) is 19.5 Å². The third kappa shape index (κ3) is 2.35. The van der Waals surface area contributed by atoms with Crippen molar-refractivity contribution in [2.75, 3.05) is 6.79 Å². The molecule has 106 valence electrons. The second-order valence-corrected chi connectivity index (χ2v) is 6.90. The lowest BCUT2D eigenvalue weighted by Gasteiger charge is -2.45. The van der Waals surface area contributed by atoms with Gasteiger partial charge in [-0.25, -0.2) is 4.31 Å². The molecular formula is C15H16INO2S. The van der Waals surface area contributed by atoms with E-state index >= 15 is 0 Å². The Kier molecular flexibility index (Phi) is 4.01. The summed E-state index contributed by atoms with van der Waals surface area (Å²) in [5.74, 6) is 2.14. The summed E-state index contributed by atoms with van der Waals surface area (Å²) in [5.41, 5.74) is 3.55. The molecule has 2 aliphatic rings. The normalized spacial score (nSPS) is 24.1. The van der Waals surface area contributed by atoms with Gasteiger partial charge >= 0.3 is 0 Å². The maximum atomic E-state index is 5.43. The molecule has 1 saturated carbocycles. The molecule has 3 nitrogen and oxygen atoms in total. The zero-order chi connectivity index (χ0) is 14.3. The van der Waals surface area contributed by atoms with E-state index in [0.29, 0.717) is 18.8 Å². The summed E-state index contributed by atoms with van der Waals surface area (Å²) in [4.78, 5) is 0. The van der Waals surface area contributed by atoms with Gasteiger partial charge in [-0.2, -0.15) is 0 Å². The first kappa shape index (κ1) is 14.3. The van der Waals surface area contributed by atoms with Crippen molar-refractivity contribution in [2.24, 2.45) is 5.92 Å². The predicted octanol–water partition coefficient (Wildman–Crippen LogP) is 4.35. The van der Waals surface area contributed by atoms with Gasteiger partial charge in [0.25, 0.3) is 0 Å². The van der Waals surface area contributed by atoms with Gasteiger partial charge in [-0.3, -0.25) is 0 Å². The van der Waals surface area contributed by atoms with E-state index in [9.17, 15) is 0 Å². The lowest BCUT2D eigenvalue weighted by molar-refractivity contribution is 0.174. The highest BCUT2D eigenvalue weighted by Gasteiger charge is 2.39. The van der Waals surface area contributed by atoms with Gasteiger partial charge in [-0.05, 0) is 38.0 Å². The Bertz CT molecular complexity index is 575. The van der Waals surface area contributed by atoms with Crippen molar-refractivity contribution in [1.29, 1.82) is 0 Å². The van der Waals surface area contributed by atoms with Crippen LogP contribution >= 0.6 is 30.3 Å². The summed E-state index contributed by atoms with van der Waals surface area (Å²) in [7, 11) is 1.72. The van der Waals surface area contributed by atoms with Gasteiger partial charge in [0.15, 0.2) is 11.5 Å².